The summed E-state index contributed by atoms with van der Waals surface area (Å²) in [5.74, 6) is -1.86. The number of carbonyl (C=O) groups is 4. The zero-order valence-corrected chi connectivity index (χ0v) is 16.6. The molecule has 1 aromatic rings. The van der Waals surface area contributed by atoms with E-state index in [1.165, 1.54) is 12.5 Å². The lowest BCUT2D eigenvalue weighted by Gasteiger charge is -2.32. The number of fused-ring (bicyclic) bond motifs is 2. The summed E-state index contributed by atoms with van der Waals surface area (Å²) in [7, 11) is 0. The average molecular weight is 422 g/mol. The monoisotopic (exact) mass is 421 g/mol. The van der Waals surface area contributed by atoms with Gasteiger partial charge in [0.25, 0.3) is 0 Å². The van der Waals surface area contributed by atoms with E-state index < -0.39 is 36.1 Å². The highest BCUT2D eigenvalue weighted by atomic mass is 35.5. The third kappa shape index (κ3) is 3.50. The lowest BCUT2D eigenvalue weighted by Crippen LogP contribution is -2.45. The van der Waals surface area contributed by atoms with Crippen LogP contribution in [0.1, 0.15) is 32.6 Å². The number of halogens is 2. The third-order valence-corrected chi connectivity index (χ3v) is 6.72. The summed E-state index contributed by atoms with van der Waals surface area (Å²) in [5, 5.41) is 2.41. The molecule has 2 saturated carbocycles. The van der Waals surface area contributed by atoms with Crippen molar-refractivity contribution in [1.29, 1.82) is 0 Å². The zero-order valence-electron chi connectivity index (χ0n) is 15.9. The van der Waals surface area contributed by atoms with Gasteiger partial charge in [0.05, 0.1) is 10.7 Å². The van der Waals surface area contributed by atoms with E-state index >= 15 is 0 Å². The maximum atomic E-state index is 13.1. The molecule has 5 amide bonds. The van der Waals surface area contributed by atoms with Crippen molar-refractivity contribution >= 4 is 41.0 Å². The van der Waals surface area contributed by atoms with Crippen LogP contribution in [0, 0.1) is 23.6 Å². The first-order valence-electron chi connectivity index (χ1n) is 9.70. The van der Waals surface area contributed by atoms with E-state index in [-0.39, 0.29) is 22.7 Å². The summed E-state index contributed by atoms with van der Waals surface area (Å²) in [6.07, 6.45) is 4.35. The highest BCUT2D eigenvalue weighted by Gasteiger charge is 2.52. The van der Waals surface area contributed by atoms with Gasteiger partial charge in [-0.2, -0.15) is 0 Å². The number of rotatable bonds is 5. The Morgan fingerprint density at radius 1 is 1.24 bits per heavy atom. The molecule has 154 valence electrons. The molecule has 2 bridgehead atoms. The second-order valence-electron chi connectivity index (χ2n) is 8.10. The predicted octanol–water partition coefficient (Wildman–Crippen LogP) is 3.03. The molecule has 3 aliphatic rings. The van der Waals surface area contributed by atoms with Crippen LogP contribution in [0.5, 0.6) is 0 Å². The van der Waals surface area contributed by atoms with Crippen LogP contribution in [0.25, 0.3) is 0 Å². The van der Waals surface area contributed by atoms with Crippen LogP contribution in [0.4, 0.5) is 14.9 Å². The van der Waals surface area contributed by atoms with Crippen molar-refractivity contribution in [3.63, 3.8) is 0 Å². The standard InChI is InChI=1S/C20H21ClFN3O4/c1-10(14-7-11-2-3-12(14)6-11)25-19(28)18(27)24(20(25)29)9-17(26)23-16-5-4-13(22)8-15(16)21/h4-5,8,10-12,14H,2-3,6-7,9H2,1H3,(H,23,26)/t10-,11+,12+,14-/m1/s1. The van der Waals surface area contributed by atoms with E-state index in [0.717, 1.165) is 36.3 Å². The van der Waals surface area contributed by atoms with Crippen LogP contribution in [0.15, 0.2) is 18.2 Å². The van der Waals surface area contributed by atoms with Gasteiger partial charge in [-0.25, -0.2) is 14.1 Å². The first-order valence-corrected chi connectivity index (χ1v) is 10.1. The molecule has 2 aliphatic carbocycles. The fourth-order valence-corrected chi connectivity index (χ4v) is 5.24. The Kier molecular flexibility index (Phi) is 5.06. The van der Waals surface area contributed by atoms with Crippen molar-refractivity contribution < 1.29 is 23.6 Å². The van der Waals surface area contributed by atoms with Crippen LogP contribution < -0.4 is 5.32 Å². The van der Waals surface area contributed by atoms with Gasteiger partial charge in [-0.05, 0) is 62.1 Å². The molecule has 7 nitrogen and oxygen atoms in total. The normalized spacial score (nSPS) is 27.1. The molecule has 1 saturated heterocycles. The summed E-state index contributed by atoms with van der Waals surface area (Å²) in [5.41, 5.74) is 0.149. The van der Waals surface area contributed by atoms with E-state index in [1.807, 2.05) is 0 Å². The number of anilines is 1. The SMILES string of the molecule is C[C@H]([C@H]1C[C@H]2CC[C@H]1C2)N1C(=O)C(=O)N(CC(=O)Nc2ccc(F)cc2Cl)C1=O. The van der Waals surface area contributed by atoms with E-state index in [0.29, 0.717) is 16.7 Å². The number of imide groups is 2. The smallest absolute Gasteiger partial charge is 0.323 e. The van der Waals surface area contributed by atoms with Crippen LogP contribution in [0.3, 0.4) is 0 Å². The molecule has 9 heteroatoms. The Morgan fingerprint density at radius 3 is 2.62 bits per heavy atom. The lowest BCUT2D eigenvalue weighted by atomic mass is 9.83. The van der Waals surface area contributed by atoms with Crippen LogP contribution in [-0.4, -0.2) is 46.1 Å². The molecule has 29 heavy (non-hydrogen) atoms. The number of benzene rings is 1. The molecular weight excluding hydrogens is 401 g/mol. The van der Waals surface area contributed by atoms with Crippen molar-refractivity contribution in [2.75, 3.05) is 11.9 Å². The van der Waals surface area contributed by atoms with Crippen LogP contribution >= 0.6 is 11.6 Å². The first-order chi connectivity index (χ1) is 13.8. The largest absolute Gasteiger partial charge is 0.334 e. The topological polar surface area (TPSA) is 86.8 Å². The first kappa shape index (κ1) is 19.8. The fourth-order valence-electron chi connectivity index (χ4n) is 5.02. The highest BCUT2D eigenvalue weighted by Crippen LogP contribution is 2.50. The number of carbonyl (C=O) groups excluding carboxylic acids is 4. The van der Waals surface area contributed by atoms with Gasteiger partial charge in [0.2, 0.25) is 5.91 Å². The molecule has 1 aliphatic heterocycles. The summed E-state index contributed by atoms with van der Waals surface area (Å²) >= 11 is 5.87. The second kappa shape index (κ2) is 7.40. The fraction of sp³-hybridized carbons (Fsp3) is 0.500. The molecule has 1 N–H and O–H groups in total. The lowest BCUT2D eigenvalue weighted by molar-refractivity contribution is -0.144. The van der Waals surface area contributed by atoms with Crippen molar-refractivity contribution in [3.8, 4) is 0 Å². The minimum Gasteiger partial charge on any atom is -0.323 e. The predicted molar refractivity (Wildman–Crippen MR) is 102 cm³/mol. The van der Waals surface area contributed by atoms with E-state index in [2.05, 4.69) is 5.32 Å². The van der Waals surface area contributed by atoms with Gasteiger partial charge in [-0.15, -0.1) is 0 Å². The van der Waals surface area contributed by atoms with Gasteiger partial charge in [0.15, 0.2) is 0 Å². The van der Waals surface area contributed by atoms with Gasteiger partial charge in [0, 0.05) is 6.04 Å². The minimum absolute atomic E-state index is 0.0139. The van der Waals surface area contributed by atoms with Crippen molar-refractivity contribution in [3.05, 3.63) is 29.0 Å². The van der Waals surface area contributed by atoms with Crippen LogP contribution in [-0.2, 0) is 14.4 Å². The Morgan fingerprint density at radius 2 is 2.00 bits per heavy atom. The molecule has 0 aromatic heterocycles. The molecular formula is C20H21ClFN3O4. The molecule has 3 fully saturated rings. The summed E-state index contributed by atoms with van der Waals surface area (Å²) in [4.78, 5) is 51.6. The Balaban J connectivity index is 1.44. The Labute approximate surface area is 172 Å². The van der Waals surface area contributed by atoms with E-state index in [9.17, 15) is 23.6 Å². The number of nitrogens with one attached hydrogen (secondary N) is 1. The summed E-state index contributed by atoms with van der Waals surface area (Å²) < 4.78 is 13.1. The van der Waals surface area contributed by atoms with Gasteiger partial charge in [0.1, 0.15) is 12.4 Å². The quantitative estimate of drug-likeness (QED) is 0.584. The van der Waals surface area contributed by atoms with Crippen molar-refractivity contribution in [1.82, 2.24) is 9.80 Å². The molecule has 1 aromatic carbocycles. The maximum Gasteiger partial charge on any atom is 0.334 e. The van der Waals surface area contributed by atoms with Gasteiger partial charge in [-0.3, -0.25) is 19.3 Å². The third-order valence-electron chi connectivity index (χ3n) is 6.41. The van der Waals surface area contributed by atoms with Crippen LogP contribution in [0.2, 0.25) is 5.02 Å². The minimum atomic E-state index is -1.01. The number of amides is 5. The highest BCUT2D eigenvalue weighted by molar-refractivity contribution is 6.45. The molecule has 0 radical (unpaired) electrons. The van der Waals surface area contributed by atoms with Crippen molar-refractivity contribution in [2.24, 2.45) is 17.8 Å². The summed E-state index contributed by atoms with van der Waals surface area (Å²) in [6, 6.07) is 2.28. The van der Waals surface area contributed by atoms with Gasteiger partial charge >= 0.3 is 17.8 Å². The molecule has 4 atom stereocenters. The number of hydrogen-bond acceptors (Lipinski definition) is 4. The number of urea groups is 1. The van der Waals surface area contributed by atoms with Crippen molar-refractivity contribution in [2.45, 2.75) is 38.6 Å². The molecule has 4 rings (SSSR count). The average Bonchev–Trinajstić information content (AvgIpc) is 3.35. The van der Waals surface area contributed by atoms with Gasteiger partial charge in [-0.1, -0.05) is 18.0 Å². The summed E-state index contributed by atoms with van der Waals surface area (Å²) in [6.45, 7) is 1.19. The number of nitrogens with zero attached hydrogens (tertiary/aromatic N) is 2. The van der Waals surface area contributed by atoms with Gasteiger partial charge < -0.3 is 5.32 Å². The maximum absolute atomic E-state index is 13.1. The second-order valence-corrected chi connectivity index (χ2v) is 8.51. The molecule has 0 unspecified atom stereocenters. The molecule has 1 heterocycles. The van der Waals surface area contributed by atoms with E-state index in [1.54, 1.807) is 6.92 Å². The Hall–Kier alpha value is -2.48. The zero-order chi connectivity index (χ0) is 20.9. The van der Waals surface area contributed by atoms with E-state index in [4.69, 9.17) is 11.6 Å². The molecule has 0 spiro atoms. The Bertz CT molecular complexity index is 908. The number of hydrogen-bond donors (Lipinski definition) is 1.